The standard InChI is InChI=1S/C15H19N3O2S/c1-17(15(19)14-12(20-2)4-8-21-14)10-11-3-6-18-7-5-16-13(18)9-11/h4-5,7-8,11H,3,6,9-10H2,1-2H3/t11-/m1/s1. The Kier molecular flexibility index (Phi) is 3.96. The highest BCUT2D eigenvalue weighted by Gasteiger charge is 2.24. The van der Waals surface area contributed by atoms with Crippen molar-refractivity contribution in [3.8, 4) is 5.75 Å². The van der Waals surface area contributed by atoms with E-state index in [1.165, 1.54) is 11.3 Å². The van der Waals surface area contributed by atoms with Crippen molar-refractivity contribution in [2.45, 2.75) is 19.4 Å². The van der Waals surface area contributed by atoms with Gasteiger partial charge in [-0.3, -0.25) is 4.79 Å². The Morgan fingerprint density at radius 3 is 3.29 bits per heavy atom. The van der Waals surface area contributed by atoms with Crippen LogP contribution in [0.3, 0.4) is 0 Å². The minimum absolute atomic E-state index is 0.0377. The van der Waals surface area contributed by atoms with Crippen molar-refractivity contribution < 1.29 is 9.53 Å². The van der Waals surface area contributed by atoms with Crippen molar-refractivity contribution in [2.75, 3.05) is 20.7 Å². The van der Waals surface area contributed by atoms with Crippen molar-refractivity contribution in [1.82, 2.24) is 14.5 Å². The first-order valence-corrected chi connectivity index (χ1v) is 7.94. The molecule has 0 fully saturated rings. The van der Waals surface area contributed by atoms with E-state index in [1.807, 2.05) is 30.9 Å². The summed E-state index contributed by atoms with van der Waals surface area (Å²) in [6, 6.07) is 1.84. The molecule has 0 N–H and O–H groups in total. The highest BCUT2D eigenvalue weighted by atomic mass is 32.1. The van der Waals surface area contributed by atoms with Crippen LogP contribution in [0.2, 0.25) is 0 Å². The summed E-state index contributed by atoms with van der Waals surface area (Å²) in [5.41, 5.74) is 0. The first-order chi connectivity index (χ1) is 10.2. The molecule has 1 aliphatic heterocycles. The largest absolute Gasteiger partial charge is 0.495 e. The second-order valence-corrected chi connectivity index (χ2v) is 6.32. The number of imidazole rings is 1. The quantitative estimate of drug-likeness (QED) is 0.871. The number of methoxy groups -OCH3 is 1. The molecule has 0 saturated carbocycles. The van der Waals surface area contributed by atoms with Crippen LogP contribution in [0.15, 0.2) is 23.8 Å². The van der Waals surface area contributed by atoms with Gasteiger partial charge in [0.05, 0.1) is 7.11 Å². The third kappa shape index (κ3) is 2.81. The first kappa shape index (κ1) is 14.1. The Balaban J connectivity index is 1.64. The van der Waals surface area contributed by atoms with Gasteiger partial charge in [0.2, 0.25) is 0 Å². The minimum atomic E-state index is 0.0377. The molecule has 1 atom stereocenters. The van der Waals surface area contributed by atoms with E-state index in [4.69, 9.17) is 4.74 Å². The summed E-state index contributed by atoms with van der Waals surface area (Å²) in [4.78, 5) is 19.3. The fraction of sp³-hybridized carbons (Fsp3) is 0.467. The smallest absolute Gasteiger partial charge is 0.267 e. The molecule has 1 aliphatic rings. The fourth-order valence-electron chi connectivity index (χ4n) is 2.83. The van der Waals surface area contributed by atoms with E-state index in [1.54, 1.807) is 12.0 Å². The highest BCUT2D eigenvalue weighted by Crippen LogP contribution is 2.27. The number of carbonyl (C=O) groups is 1. The average Bonchev–Trinajstić information content (AvgIpc) is 3.14. The summed E-state index contributed by atoms with van der Waals surface area (Å²) < 4.78 is 7.43. The zero-order valence-electron chi connectivity index (χ0n) is 12.3. The summed E-state index contributed by atoms with van der Waals surface area (Å²) in [6.45, 7) is 1.75. The molecule has 112 valence electrons. The summed E-state index contributed by atoms with van der Waals surface area (Å²) >= 11 is 1.43. The zero-order valence-corrected chi connectivity index (χ0v) is 13.1. The van der Waals surface area contributed by atoms with Crippen molar-refractivity contribution in [2.24, 2.45) is 5.92 Å². The maximum atomic E-state index is 12.5. The molecule has 0 radical (unpaired) electrons. The summed E-state index contributed by atoms with van der Waals surface area (Å²) in [6.07, 6.45) is 5.90. The summed E-state index contributed by atoms with van der Waals surface area (Å²) in [7, 11) is 3.46. The maximum absolute atomic E-state index is 12.5. The lowest BCUT2D eigenvalue weighted by Gasteiger charge is -2.27. The molecular weight excluding hydrogens is 286 g/mol. The van der Waals surface area contributed by atoms with Gasteiger partial charge in [-0.25, -0.2) is 4.98 Å². The molecule has 5 nitrogen and oxygen atoms in total. The fourth-order valence-corrected chi connectivity index (χ4v) is 3.68. The Labute approximate surface area is 128 Å². The van der Waals surface area contributed by atoms with Gasteiger partial charge in [0.15, 0.2) is 0 Å². The number of fused-ring (bicyclic) bond motifs is 1. The SMILES string of the molecule is COc1ccsc1C(=O)N(C)C[C@@H]1CCn2ccnc2C1. The van der Waals surface area contributed by atoms with E-state index in [2.05, 4.69) is 9.55 Å². The van der Waals surface area contributed by atoms with Gasteiger partial charge in [-0.1, -0.05) is 0 Å². The Morgan fingerprint density at radius 2 is 2.48 bits per heavy atom. The molecule has 2 aromatic heterocycles. The molecule has 0 saturated heterocycles. The number of rotatable bonds is 4. The van der Waals surface area contributed by atoms with Crippen LogP contribution in [0.4, 0.5) is 0 Å². The van der Waals surface area contributed by atoms with Crippen LogP contribution >= 0.6 is 11.3 Å². The van der Waals surface area contributed by atoms with Gasteiger partial charge in [0, 0.05) is 39.0 Å². The molecule has 6 heteroatoms. The van der Waals surface area contributed by atoms with Crippen LogP contribution in [0.25, 0.3) is 0 Å². The molecule has 3 rings (SSSR count). The maximum Gasteiger partial charge on any atom is 0.267 e. The minimum Gasteiger partial charge on any atom is -0.495 e. The van der Waals surface area contributed by atoms with Crippen molar-refractivity contribution in [3.05, 3.63) is 34.5 Å². The van der Waals surface area contributed by atoms with Crippen LogP contribution in [-0.4, -0.2) is 41.1 Å². The number of nitrogens with zero attached hydrogens (tertiary/aromatic N) is 3. The van der Waals surface area contributed by atoms with E-state index >= 15 is 0 Å². The molecule has 2 aromatic rings. The van der Waals surface area contributed by atoms with E-state index in [-0.39, 0.29) is 5.91 Å². The van der Waals surface area contributed by atoms with Crippen molar-refractivity contribution in [3.63, 3.8) is 0 Å². The topological polar surface area (TPSA) is 47.4 Å². The number of aromatic nitrogens is 2. The molecule has 0 spiro atoms. The molecule has 0 bridgehead atoms. The lowest BCUT2D eigenvalue weighted by Crippen LogP contribution is -2.34. The predicted molar refractivity (Wildman–Crippen MR) is 81.9 cm³/mol. The number of ether oxygens (including phenoxy) is 1. The Bertz CT molecular complexity index is 634. The third-order valence-electron chi connectivity index (χ3n) is 3.97. The van der Waals surface area contributed by atoms with Crippen LogP contribution in [-0.2, 0) is 13.0 Å². The van der Waals surface area contributed by atoms with Crippen LogP contribution in [0.1, 0.15) is 21.9 Å². The van der Waals surface area contributed by atoms with Gasteiger partial charge in [-0.2, -0.15) is 0 Å². The first-order valence-electron chi connectivity index (χ1n) is 7.06. The van der Waals surface area contributed by atoms with Gasteiger partial charge in [-0.15, -0.1) is 11.3 Å². The van der Waals surface area contributed by atoms with Gasteiger partial charge < -0.3 is 14.2 Å². The lowest BCUT2D eigenvalue weighted by molar-refractivity contribution is 0.0765. The summed E-state index contributed by atoms with van der Waals surface area (Å²) in [5.74, 6) is 2.30. The number of amides is 1. The monoisotopic (exact) mass is 305 g/mol. The van der Waals surface area contributed by atoms with Gasteiger partial charge in [0.25, 0.3) is 5.91 Å². The predicted octanol–water partition coefficient (Wildman–Crippen LogP) is 2.29. The molecular formula is C15H19N3O2S. The Morgan fingerprint density at radius 1 is 1.62 bits per heavy atom. The lowest BCUT2D eigenvalue weighted by atomic mass is 9.97. The normalized spacial score (nSPS) is 17.3. The van der Waals surface area contributed by atoms with E-state index in [9.17, 15) is 4.79 Å². The average molecular weight is 305 g/mol. The summed E-state index contributed by atoms with van der Waals surface area (Å²) in [5, 5.41) is 1.89. The number of aryl methyl sites for hydroxylation is 1. The van der Waals surface area contributed by atoms with Gasteiger partial charge in [-0.05, 0) is 23.8 Å². The third-order valence-corrected chi connectivity index (χ3v) is 4.86. The van der Waals surface area contributed by atoms with Crippen LogP contribution < -0.4 is 4.74 Å². The van der Waals surface area contributed by atoms with Crippen molar-refractivity contribution >= 4 is 17.2 Å². The number of hydrogen-bond donors (Lipinski definition) is 0. The van der Waals surface area contributed by atoms with Crippen LogP contribution in [0, 0.1) is 5.92 Å². The van der Waals surface area contributed by atoms with E-state index < -0.39 is 0 Å². The zero-order chi connectivity index (χ0) is 14.8. The molecule has 21 heavy (non-hydrogen) atoms. The van der Waals surface area contributed by atoms with Gasteiger partial charge in [0.1, 0.15) is 16.5 Å². The Hall–Kier alpha value is -1.82. The molecule has 3 heterocycles. The number of thiophene rings is 1. The van der Waals surface area contributed by atoms with Gasteiger partial charge >= 0.3 is 0 Å². The van der Waals surface area contributed by atoms with E-state index in [0.29, 0.717) is 16.5 Å². The molecule has 1 amide bonds. The highest BCUT2D eigenvalue weighted by molar-refractivity contribution is 7.12. The van der Waals surface area contributed by atoms with Crippen LogP contribution in [0.5, 0.6) is 5.75 Å². The number of hydrogen-bond acceptors (Lipinski definition) is 4. The van der Waals surface area contributed by atoms with Crippen molar-refractivity contribution in [1.29, 1.82) is 0 Å². The molecule has 0 aliphatic carbocycles. The number of carbonyl (C=O) groups excluding carboxylic acids is 1. The molecule has 0 aromatic carbocycles. The second-order valence-electron chi connectivity index (χ2n) is 5.40. The second kappa shape index (κ2) is 5.89. The van der Waals surface area contributed by atoms with E-state index in [0.717, 1.165) is 31.8 Å². The molecule has 0 unspecified atom stereocenters.